The van der Waals surface area contributed by atoms with Crippen LogP contribution in [0.1, 0.15) is 70.0 Å². The lowest BCUT2D eigenvalue weighted by Crippen LogP contribution is -2.51. The first-order valence-corrected chi connectivity index (χ1v) is 10.3. The molecule has 2 aromatic carbocycles. The Balaban J connectivity index is 2.15. The van der Waals surface area contributed by atoms with Gasteiger partial charge in [-0.05, 0) is 48.6 Å². The number of carbonyl (C=O) groups excluding carboxylic acids is 1. The first kappa shape index (κ1) is 21.6. The van der Waals surface area contributed by atoms with Crippen molar-refractivity contribution in [2.24, 2.45) is 0 Å². The van der Waals surface area contributed by atoms with Crippen LogP contribution in [0.15, 0.2) is 36.4 Å². The number of hydrogen-bond donors (Lipinski definition) is 1. The number of carbonyl (C=O) groups is 1. The Hall–Kier alpha value is -2.08. The Morgan fingerprint density at radius 2 is 1.83 bits per heavy atom. The molecule has 1 fully saturated rings. The van der Waals surface area contributed by atoms with Gasteiger partial charge in [0.25, 0.3) is 0 Å². The van der Waals surface area contributed by atoms with E-state index in [2.05, 4.69) is 12.3 Å². The first-order valence-electron chi connectivity index (χ1n) is 10.3. The molecule has 3 rings (SSSR count). The summed E-state index contributed by atoms with van der Waals surface area (Å²) in [5.74, 6) is -0.381. The maximum absolute atomic E-state index is 14.5. The van der Waals surface area contributed by atoms with Gasteiger partial charge in [-0.3, -0.25) is 10.2 Å². The molecule has 1 aliphatic heterocycles. The summed E-state index contributed by atoms with van der Waals surface area (Å²) >= 11 is 0. The number of alkyl halides is 3. The van der Waals surface area contributed by atoms with Crippen LogP contribution in [0.25, 0.3) is 10.8 Å². The van der Waals surface area contributed by atoms with Crippen LogP contribution in [-0.2, 0) is 11.2 Å². The molecule has 0 radical (unpaired) electrons. The van der Waals surface area contributed by atoms with Crippen LogP contribution in [0, 0.1) is 0 Å². The SMILES string of the molecule is CCCCCCc1ccc2ccccc2c1[C@H](N1NC(=O)CC1(C)C)C(F)(F)F. The smallest absolute Gasteiger partial charge is 0.287 e. The van der Waals surface area contributed by atoms with Gasteiger partial charge in [0.1, 0.15) is 0 Å². The van der Waals surface area contributed by atoms with Crippen molar-refractivity contribution < 1.29 is 18.0 Å². The second kappa shape index (κ2) is 8.34. The summed E-state index contributed by atoms with van der Waals surface area (Å²) in [5.41, 5.74) is 2.53. The van der Waals surface area contributed by atoms with E-state index in [1.807, 2.05) is 24.3 Å². The van der Waals surface area contributed by atoms with Gasteiger partial charge in [-0.15, -0.1) is 0 Å². The van der Waals surface area contributed by atoms with E-state index in [9.17, 15) is 18.0 Å². The highest BCUT2D eigenvalue weighted by atomic mass is 19.4. The van der Waals surface area contributed by atoms with Crippen molar-refractivity contribution in [1.82, 2.24) is 10.4 Å². The minimum absolute atomic E-state index is 0.0379. The van der Waals surface area contributed by atoms with E-state index in [1.165, 1.54) is 0 Å². The van der Waals surface area contributed by atoms with Gasteiger partial charge in [0.15, 0.2) is 6.04 Å². The number of nitrogens with zero attached hydrogens (tertiary/aromatic N) is 1. The molecule has 1 amide bonds. The third-order valence-corrected chi connectivity index (χ3v) is 5.69. The highest BCUT2D eigenvalue weighted by molar-refractivity contribution is 5.87. The van der Waals surface area contributed by atoms with Gasteiger partial charge in [0.2, 0.25) is 5.91 Å². The van der Waals surface area contributed by atoms with Crippen molar-refractivity contribution in [3.8, 4) is 0 Å². The minimum atomic E-state index is -4.53. The third-order valence-electron chi connectivity index (χ3n) is 5.69. The van der Waals surface area contributed by atoms with Crippen molar-refractivity contribution in [3.63, 3.8) is 0 Å². The first-order chi connectivity index (χ1) is 13.6. The van der Waals surface area contributed by atoms with Crippen LogP contribution in [0.3, 0.4) is 0 Å². The number of unbranched alkanes of at least 4 members (excludes halogenated alkanes) is 3. The zero-order valence-corrected chi connectivity index (χ0v) is 17.3. The van der Waals surface area contributed by atoms with Gasteiger partial charge in [-0.1, -0.05) is 62.6 Å². The Labute approximate surface area is 170 Å². The predicted octanol–water partition coefficient (Wildman–Crippen LogP) is 6.08. The lowest BCUT2D eigenvalue weighted by Gasteiger charge is -2.39. The van der Waals surface area contributed by atoms with Gasteiger partial charge in [0.05, 0.1) is 0 Å². The summed E-state index contributed by atoms with van der Waals surface area (Å²) in [4.78, 5) is 12.0. The highest BCUT2D eigenvalue weighted by Gasteiger charge is 2.53. The Morgan fingerprint density at radius 3 is 2.45 bits per heavy atom. The average molecular weight is 406 g/mol. The Morgan fingerprint density at radius 1 is 1.10 bits per heavy atom. The number of nitrogens with one attached hydrogen (secondary N) is 1. The molecule has 0 saturated carbocycles. The Bertz CT molecular complexity index is 876. The van der Waals surface area contributed by atoms with Crippen LogP contribution < -0.4 is 5.43 Å². The van der Waals surface area contributed by atoms with Crippen LogP contribution in [0.2, 0.25) is 0 Å². The molecule has 0 aliphatic carbocycles. The van der Waals surface area contributed by atoms with Crippen LogP contribution >= 0.6 is 0 Å². The Kier molecular flexibility index (Phi) is 6.22. The molecule has 29 heavy (non-hydrogen) atoms. The molecule has 1 N–H and O–H groups in total. The second-order valence-electron chi connectivity index (χ2n) is 8.51. The van der Waals surface area contributed by atoms with E-state index < -0.39 is 17.8 Å². The molecule has 0 unspecified atom stereocenters. The van der Waals surface area contributed by atoms with E-state index in [1.54, 1.807) is 26.0 Å². The van der Waals surface area contributed by atoms with Gasteiger partial charge >= 0.3 is 6.18 Å². The van der Waals surface area contributed by atoms with E-state index in [0.29, 0.717) is 17.4 Å². The van der Waals surface area contributed by atoms with Crippen molar-refractivity contribution in [1.29, 1.82) is 0 Å². The fourth-order valence-electron chi connectivity index (χ4n) is 4.28. The zero-order valence-electron chi connectivity index (χ0n) is 17.3. The minimum Gasteiger partial charge on any atom is -0.287 e. The molecule has 0 bridgehead atoms. The number of aryl methyl sites for hydroxylation is 1. The molecule has 1 heterocycles. The molecule has 0 spiro atoms. The lowest BCUT2D eigenvalue weighted by atomic mass is 9.88. The van der Waals surface area contributed by atoms with E-state index >= 15 is 0 Å². The molecular formula is C23H29F3N2O. The van der Waals surface area contributed by atoms with Crippen LogP contribution in [0.4, 0.5) is 13.2 Å². The molecule has 6 heteroatoms. The number of benzene rings is 2. The molecule has 1 saturated heterocycles. The number of amides is 1. The molecular weight excluding hydrogens is 377 g/mol. The monoisotopic (exact) mass is 406 g/mol. The van der Waals surface area contributed by atoms with Gasteiger partial charge in [0, 0.05) is 12.0 Å². The average Bonchev–Trinajstić information content (AvgIpc) is 2.91. The molecule has 1 aliphatic rings. The fourth-order valence-corrected chi connectivity index (χ4v) is 4.28. The van der Waals surface area contributed by atoms with E-state index in [4.69, 9.17) is 0 Å². The summed E-state index contributed by atoms with van der Waals surface area (Å²) in [7, 11) is 0. The number of hydrogen-bond acceptors (Lipinski definition) is 2. The zero-order chi connectivity index (χ0) is 21.2. The van der Waals surface area contributed by atoms with Gasteiger partial charge in [-0.25, -0.2) is 0 Å². The second-order valence-corrected chi connectivity index (χ2v) is 8.51. The molecule has 1 atom stereocenters. The van der Waals surface area contributed by atoms with Crippen molar-refractivity contribution in [2.75, 3.05) is 0 Å². The standard InChI is InChI=1S/C23H29F3N2O/c1-4-5-6-7-11-17-14-13-16-10-8-9-12-18(16)20(17)21(23(24,25)26)28-22(2,3)15-19(29)27-28/h8-10,12-14,21H,4-7,11,15H2,1-3H3,(H,27,29)/t21-/m0/s1. The molecule has 3 nitrogen and oxygen atoms in total. The van der Waals surface area contributed by atoms with Crippen molar-refractivity contribution >= 4 is 16.7 Å². The van der Waals surface area contributed by atoms with Crippen molar-refractivity contribution in [3.05, 3.63) is 47.5 Å². The summed E-state index contributed by atoms with van der Waals surface area (Å²) in [6.45, 7) is 5.46. The summed E-state index contributed by atoms with van der Waals surface area (Å²) in [5, 5.41) is 2.49. The summed E-state index contributed by atoms with van der Waals surface area (Å²) in [6.07, 6.45) is 0.0812. The maximum atomic E-state index is 14.5. The number of rotatable bonds is 7. The quantitative estimate of drug-likeness (QED) is 0.565. The number of halogens is 3. The normalized spacial score (nSPS) is 18.2. The van der Waals surface area contributed by atoms with E-state index in [-0.39, 0.29) is 17.9 Å². The molecule has 158 valence electrons. The van der Waals surface area contributed by atoms with Gasteiger partial charge in [-0.2, -0.15) is 18.2 Å². The summed E-state index contributed by atoms with van der Waals surface area (Å²) in [6, 6.07) is 9.02. The third kappa shape index (κ3) is 4.58. The predicted molar refractivity (Wildman–Crippen MR) is 109 cm³/mol. The van der Waals surface area contributed by atoms with Crippen molar-refractivity contribution in [2.45, 2.75) is 77.1 Å². The topological polar surface area (TPSA) is 32.3 Å². The largest absolute Gasteiger partial charge is 0.409 e. The van der Waals surface area contributed by atoms with Crippen LogP contribution in [0.5, 0.6) is 0 Å². The number of fused-ring (bicyclic) bond motifs is 1. The molecule has 0 aromatic heterocycles. The summed E-state index contributed by atoms with van der Waals surface area (Å²) < 4.78 is 43.5. The lowest BCUT2D eigenvalue weighted by molar-refractivity contribution is -0.203. The van der Waals surface area contributed by atoms with E-state index in [0.717, 1.165) is 36.1 Å². The van der Waals surface area contributed by atoms with Crippen LogP contribution in [-0.4, -0.2) is 22.6 Å². The highest BCUT2D eigenvalue weighted by Crippen LogP contribution is 2.46. The fraction of sp³-hybridized carbons (Fsp3) is 0.522. The molecule has 2 aromatic rings. The maximum Gasteiger partial charge on any atom is 0.409 e. The van der Waals surface area contributed by atoms with Gasteiger partial charge < -0.3 is 0 Å². The number of hydrazine groups is 1.